The van der Waals surface area contributed by atoms with E-state index in [9.17, 15) is 0 Å². The van der Waals surface area contributed by atoms with Crippen molar-refractivity contribution < 1.29 is 0 Å². The number of nitrogens with two attached hydrogens (primary N) is 2. The molecule has 3 aromatic heterocycles. The number of benzene rings is 2. The zero-order chi connectivity index (χ0) is 23.7. The highest BCUT2D eigenvalue weighted by molar-refractivity contribution is 5.84. The first-order valence-electron chi connectivity index (χ1n) is 11.5. The van der Waals surface area contributed by atoms with Crippen LogP contribution in [0.15, 0.2) is 85.1 Å². The van der Waals surface area contributed by atoms with E-state index in [0.29, 0.717) is 11.6 Å². The summed E-state index contributed by atoms with van der Waals surface area (Å²) in [5, 5.41) is 0. The van der Waals surface area contributed by atoms with Crippen LogP contribution in [-0.4, -0.2) is 19.5 Å². The molecule has 4 N–H and O–H groups in total. The lowest BCUT2D eigenvalue weighted by Crippen LogP contribution is -2.32. The number of nitrogen functional groups attached to an aromatic ring is 1. The molecule has 0 bridgehead atoms. The fraction of sp³-hybridized carbons (Fsp3) is 0.179. The van der Waals surface area contributed by atoms with Gasteiger partial charge in [0.25, 0.3) is 0 Å². The maximum atomic E-state index is 6.58. The summed E-state index contributed by atoms with van der Waals surface area (Å²) in [7, 11) is 0. The Morgan fingerprint density at radius 3 is 2.35 bits per heavy atom. The van der Waals surface area contributed by atoms with E-state index >= 15 is 0 Å². The van der Waals surface area contributed by atoms with Gasteiger partial charge in [0, 0.05) is 23.0 Å². The quantitative estimate of drug-likeness (QED) is 0.347. The summed E-state index contributed by atoms with van der Waals surface area (Å²) in [6, 6.07) is 26.3. The van der Waals surface area contributed by atoms with Crippen LogP contribution in [0.5, 0.6) is 0 Å². The van der Waals surface area contributed by atoms with Crippen molar-refractivity contribution >= 4 is 17.0 Å². The third-order valence-electron chi connectivity index (χ3n) is 6.21. The highest BCUT2D eigenvalue weighted by Crippen LogP contribution is 2.32. The summed E-state index contributed by atoms with van der Waals surface area (Å²) in [6.07, 6.45) is 3.62. The first-order valence-corrected chi connectivity index (χ1v) is 11.5. The molecule has 1 unspecified atom stereocenters. The predicted molar refractivity (Wildman–Crippen MR) is 138 cm³/mol. The molecule has 6 heteroatoms. The number of fused-ring (bicyclic) bond motifs is 1. The summed E-state index contributed by atoms with van der Waals surface area (Å²) >= 11 is 0. The van der Waals surface area contributed by atoms with Crippen LogP contribution in [0.1, 0.15) is 32.3 Å². The average molecular weight is 449 g/mol. The van der Waals surface area contributed by atoms with Crippen molar-refractivity contribution in [3.63, 3.8) is 0 Å². The summed E-state index contributed by atoms with van der Waals surface area (Å²) in [5.74, 6) is 1.13. The van der Waals surface area contributed by atoms with E-state index < -0.39 is 0 Å². The molecular weight excluding hydrogens is 420 g/mol. The second-order valence-electron chi connectivity index (χ2n) is 8.83. The van der Waals surface area contributed by atoms with Crippen molar-refractivity contribution in [2.75, 3.05) is 5.73 Å². The van der Waals surface area contributed by atoms with Gasteiger partial charge in [-0.05, 0) is 55.3 Å². The van der Waals surface area contributed by atoms with E-state index in [0.717, 1.165) is 52.1 Å². The number of rotatable bonds is 6. The van der Waals surface area contributed by atoms with Crippen LogP contribution in [0.2, 0.25) is 0 Å². The van der Waals surface area contributed by atoms with Gasteiger partial charge in [-0.1, -0.05) is 55.8 Å². The maximum Gasteiger partial charge on any atom is 0.165 e. The molecule has 3 heterocycles. The molecule has 0 aliphatic rings. The zero-order valence-electron chi connectivity index (χ0n) is 19.4. The van der Waals surface area contributed by atoms with Gasteiger partial charge in [0.2, 0.25) is 0 Å². The van der Waals surface area contributed by atoms with Gasteiger partial charge < -0.3 is 11.5 Å². The highest BCUT2D eigenvalue weighted by Gasteiger charge is 2.22. The van der Waals surface area contributed by atoms with Crippen LogP contribution < -0.4 is 11.5 Å². The lowest BCUT2D eigenvalue weighted by atomic mass is 9.89. The zero-order valence-corrected chi connectivity index (χ0v) is 19.4. The molecule has 5 aromatic rings. The van der Waals surface area contributed by atoms with E-state index in [2.05, 4.69) is 55.2 Å². The van der Waals surface area contributed by atoms with E-state index in [1.807, 2.05) is 47.0 Å². The smallest absolute Gasteiger partial charge is 0.165 e. The number of imidazole rings is 1. The van der Waals surface area contributed by atoms with Crippen LogP contribution in [0.4, 0.5) is 5.82 Å². The Morgan fingerprint density at radius 2 is 1.65 bits per heavy atom. The van der Waals surface area contributed by atoms with Crippen molar-refractivity contribution in [2.45, 2.75) is 32.2 Å². The molecule has 0 amide bonds. The van der Waals surface area contributed by atoms with Gasteiger partial charge in [-0.2, -0.15) is 0 Å². The number of aromatic nitrogens is 4. The number of anilines is 1. The Hall–Kier alpha value is -4.03. The Labute approximate surface area is 199 Å². The number of hydrogen-bond acceptors (Lipinski definition) is 5. The van der Waals surface area contributed by atoms with Crippen molar-refractivity contribution in [1.29, 1.82) is 0 Å². The molecule has 0 saturated heterocycles. The van der Waals surface area contributed by atoms with Crippen molar-refractivity contribution in [1.82, 2.24) is 19.5 Å². The van der Waals surface area contributed by atoms with E-state index in [1.165, 1.54) is 0 Å². The van der Waals surface area contributed by atoms with Gasteiger partial charge in [-0.3, -0.25) is 4.57 Å². The fourth-order valence-corrected chi connectivity index (χ4v) is 4.41. The largest absolute Gasteiger partial charge is 0.383 e. The molecule has 0 spiro atoms. The van der Waals surface area contributed by atoms with Crippen LogP contribution in [0.25, 0.3) is 39.5 Å². The minimum atomic E-state index is -0.375. The highest BCUT2D eigenvalue weighted by atomic mass is 15.1. The topological polar surface area (TPSA) is 95.6 Å². The average Bonchev–Trinajstić information content (AvgIpc) is 3.23. The van der Waals surface area contributed by atoms with Crippen LogP contribution in [-0.2, 0) is 5.54 Å². The van der Waals surface area contributed by atoms with Gasteiger partial charge in [0.15, 0.2) is 11.5 Å². The standard InChI is InChI=1S/C28H28N6/c1-3-17-28(2,30)20-11-13-21(14-12-20)34-26(22-10-7-18-31-25(22)29)33-24-16-15-23(32-27(24)34)19-8-5-4-6-9-19/h4-16,18H,3,17,30H2,1-2H3,(H2,29,31). The Balaban J connectivity index is 1.72. The molecule has 2 aromatic carbocycles. The molecule has 170 valence electrons. The van der Waals surface area contributed by atoms with Crippen LogP contribution in [0.3, 0.4) is 0 Å². The molecule has 34 heavy (non-hydrogen) atoms. The lowest BCUT2D eigenvalue weighted by molar-refractivity contribution is 0.446. The predicted octanol–water partition coefficient (Wildman–Crippen LogP) is 5.71. The van der Waals surface area contributed by atoms with Crippen molar-refractivity contribution in [2.24, 2.45) is 5.73 Å². The molecule has 0 aliphatic heterocycles. The summed E-state index contributed by atoms with van der Waals surface area (Å²) in [6.45, 7) is 4.23. The SMILES string of the molecule is CCCC(C)(N)c1ccc(-n2c(-c3cccnc3N)nc3ccc(-c4ccccc4)nc32)cc1. The lowest BCUT2D eigenvalue weighted by Gasteiger charge is -2.25. The molecule has 0 fully saturated rings. The van der Waals surface area contributed by atoms with Gasteiger partial charge >= 0.3 is 0 Å². The third kappa shape index (κ3) is 3.93. The van der Waals surface area contributed by atoms with E-state index in [4.69, 9.17) is 21.4 Å². The number of pyridine rings is 2. The van der Waals surface area contributed by atoms with Gasteiger partial charge in [0.1, 0.15) is 11.3 Å². The third-order valence-corrected chi connectivity index (χ3v) is 6.21. The molecule has 5 rings (SSSR count). The van der Waals surface area contributed by atoms with E-state index in [1.54, 1.807) is 6.20 Å². The molecular formula is C28H28N6. The Morgan fingerprint density at radius 1 is 0.882 bits per heavy atom. The van der Waals surface area contributed by atoms with Crippen LogP contribution in [0, 0.1) is 0 Å². The summed E-state index contributed by atoms with van der Waals surface area (Å²) < 4.78 is 2.05. The van der Waals surface area contributed by atoms with Gasteiger partial charge in [0.05, 0.1) is 11.3 Å². The summed E-state index contributed by atoms with van der Waals surface area (Å²) in [5.41, 5.74) is 18.7. The monoisotopic (exact) mass is 448 g/mol. The number of hydrogen-bond donors (Lipinski definition) is 2. The minimum Gasteiger partial charge on any atom is -0.383 e. The normalized spacial score (nSPS) is 13.1. The second-order valence-corrected chi connectivity index (χ2v) is 8.83. The molecule has 1 atom stereocenters. The van der Waals surface area contributed by atoms with Gasteiger partial charge in [-0.15, -0.1) is 0 Å². The number of nitrogens with zero attached hydrogens (tertiary/aromatic N) is 4. The Kier molecular flexibility index (Phi) is 5.59. The van der Waals surface area contributed by atoms with Crippen molar-refractivity contribution in [3.8, 4) is 28.3 Å². The summed E-state index contributed by atoms with van der Waals surface area (Å²) in [4.78, 5) is 14.2. The van der Waals surface area contributed by atoms with Crippen molar-refractivity contribution in [3.05, 3.63) is 90.6 Å². The fourth-order valence-electron chi connectivity index (χ4n) is 4.41. The molecule has 6 nitrogen and oxygen atoms in total. The maximum absolute atomic E-state index is 6.58. The van der Waals surface area contributed by atoms with E-state index in [-0.39, 0.29) is 5.54 Å². The minimum absolute atomic E-state index is 0.375. The Bertz CT molecular complexity index is 1440. The molecule has 0 aliphatic carbocycles. The van der Waals surface area contributed by atoms with Gasteiger partial charge in [-0.25, -0.2) is 15.0 Å². The first kappa shape index (κ1) is 21.8. The van der Waals surface area contributed by atoms with Crippen LogP contribution >= 0.6 is 0 Å². The first-order chi connectivity index (χ1) is 16.5. The molecule has 0 radical (unpaired) electrons. The second kappa shape index (κ2) is 8.72. The molecule has 0 saturated carbocycles.